The number of alkyl halides is 1. The minimum Gasteiger partial charge on any atom is -0.362 e. The van der Waals surface area contributed by atoms with E-state index in [0.29, 0.717) is 0 Å². The molecular weight excluding hydrogens is 246 g/mol. The van der Waals surface area contributed by atoms with Gasteiger partial charge in [0, 0.05) is 0 Å². The van der Waals surface area contributed by atoms with Crippen molar-refractivity contribution in [1.29, 1.82) is 0 Å². The zero-order valence-corrected chi connectivity index (χ0v) is 8.16. The Morgan fingerprint density at radius 3 is 2.67 bits per heavy atom. The molecule has 1 rings (SSSR count). The third-order valence-electron chi connectivity index (χ3n) is 1.02. The van der Waals surface area contributed by atoms with Gasteiger partial charge in [0.15, 0.2) is 0 Å². The van der Waals surface area contributed by atoms with Gasteiger partial charge in [-0.15, -0.1) is 0 Å². The molecule has 1 aliphatic heterocycles. The van der Waals surface area contributed by atoms with Crippen LogP contribution in [0.3, 0.4) is 0 Å². The Bertz CT molecular complexity index is 170. The van der Waals surface area contributed by atoms with Crippen LogP contribution in [-0.2, 0) is 0 Å². The van der Waals surface area contributed by atoms with E-state index in [1.165, 1.54) is 0 Å². The van der Waals surface area contributed by atoms with E-state index in [0.717, 1.165) is 4.61 Å². The molecule has 1 unspecified atom stereocenters. The van der Waals surface area contributed by atoms with Crippen LogP contribution in [0.25, 0.3) is 0 Å². The van der Waals surface area contributed by atoms with E-state index in [1.54, 1.807) is 0 Å². The number of hydrogen-bond acceptors (Lipinski definition) is 1. The first-order valence-corrected chi connectivity index (χ1v) is 4.21. The summed E-state index contributed by atoms with van der Waals surface area (Å²) in [5.74, 6) is 0. The van der Waals surface area contributed by atoms with Crippen LogP contribution in [0.1, 0.15) is 6.92 Å². The molecule has 0 aromatic rings. The highest BCUT2D eigenvalue weighted by molar-refractivity contribution is 9.12. The van der Waals surface area contributed by atoms with Crippen LogP contribution in [0.5, 0.6) is 0 Å². The van der Waals surface area contributed by atoms with Crippen molar-refractivity contribution in [2.75, 3.05) is 0 Å². The van der Waals surface area contributed by atoms with Gasteiger partial charge < -0.3 is 5.32 Å². The summed E-state index contributed by atoms with van der Waals surface area (Å²) in [4.78, 5) is 0. The summed E-state index contributed by atoms with van der Waals surface area (Å²) in [6, 6.07) is 0. The highest BCUT2D eigenvalue weighted by Crippen LogP contribution is 2.22. The molecule has 1 nitrogen and oxygen atoms in total. The van der Waals surface area contributed by atoms with Gasteiger partial charge in [0.1, 0.15) is 4.45 Å². The highest BCUT2D eigenvalue weighted by Gasteiger charge is 2.17. The minimum absolute atomic E-state index is 0.0828. The van der Waals surface area contributed by atoms with E-state index >= 15 is 0 Å². The fraction of sp³-hybridized carbons (Fsp3) is 0.333. The van der Waals surface area contributed by atoms with Crippen LogP contribution in [0.15, 0.2) is 22.8 Å². The van der Waals surface area contributed by atoms with Crippen LogP contribution < -0.4 is 5.32 Å². The van der Waals surface area contributed by atoms with Gasteiger partial charge in [0.2, 0.25) is 0 Å². The maximum atomic E-state index is 3.46. The summed E-state index contributed by atoms with van der Waals surface area (Å²) in [7, 11) is 0. The summed E-state index contributed by atoms with van der Waals surface area (Å²) in [5, 5.41) is 3.16. The van der Waals surface area contributed by atoms with Crippen molar-refractivity contribution in [3.63, 3.8) is 0 Å². The summed E-state index contributed by atoms with van der Waals surface area (Å²) in [6.45, 7) is 2.04. The van der Waals surface area contributed by atoms with Crippen LogP contribution in [0.2, 0.25) is 0 Å². The van der Waals surface area contributed by atoms with Crippen molar-refractivity contribution in [3.05, 3.63) is 22.8 Å². The van der Waals surface area contributed by atoms with E-state index in [-0.39, 0.29) is 4.45 Å². The smallest absolute Gasteiger partial charge is 0.109 e. The maximum Gasteiger partial charge on any atom is 0.109 e. The molecule has 0 saturated heterocycles. The molecule has 0 aromatic carbocycles. The van der Waals surface area contributed by atoms with Gasteiger partial charge in [0.25, 0.3) is 0 Å². The molecule has 1 aliphatic rings. The van der Waals surface area contributed by atoms with Gasteiger partial charge in [-0.2, -0.15) is 0 Å². The lowest BCUT2D eigenvalue weighted by atomic mass is 10.2. The first-order chi connectivity index (χ1) is 4.10. The highest BCUT2D eigenvalue weighted by atomic mass is 79.9. The number of rotatable bonds is 0. The normalized spacial score (nSPS) is 33.4. The monoisotopic (exact) mass is 251 g/mol. The fourth-order valence-corrected chi connectivity index (χ4v) is 1.83. The van der Waals surface area contributed by atoms with E-state index in [1.807, 2.05) is 25.2 Å². The largest absolute Gasteiger partial charge is 0.362 e. The van der Waals surface area contributed by atoms with Crippen LogP contribution in [-0.4, -0.2) is 4.45 Å². The third-order valence-corrected chi connectivity index (χ3v) is 1.94. The molecular formula is C6H7Br2N. The molecule has 1 heterocycles. The molecule has 1 N–H and O–H groups in total. The maximum absolute atomic E-state index is 3.46. The average molecular weight is 253 g/mol. The predicted molar refractivity (Wildman–Crippen MR) is 46.6 cm³/mol. The molecule has 50 valence electrons. The second-order valence-corrected chi connectivity index (χ2v) is 4.58. The van der Waals surface area contributed by atoms with E-state index in [4.69, 9.17) is 0 Å². The summed E-state index contributed by atoms with van der Waals surface area (Å²) >= 11 is 6.80. The Labute approximate surface area is 71.5 Å². The van der Waals surface area contributed by atoms with Crippen LogP contribution in [0.4, 0.5) is 0 Å². The van der Waals surface area contributed by atoms with Crippen molar-refractivity contribution in [3.8, 4) is 0 Å². The first kappa shape index (κ1) is 7.35. The van der Waals surface area contributed by atoms with Gasteiger partial charge in [0.05, 0.1) is 4.61 Å². The van der Waals surface area contributed by atoms with E-state index in [9.17, 15) is 0 Å². The topological polar surface area (TPSA) is 12.0 Å². The van der Waals surface area contributed by atoms with Crippen LogP contribution in [0, 0.1) is 0 Å². The summed E-state index contributed by atoms with van der Waals surface area (Å²) < 4.78 is 0.921. The number of dihydropyridines is 1. The predicted octanol–water partition coefficient (Wildman–Crippen LogP) is 2.49. The molecule has 9 heavy (non-hydrogen) atoms. The Balaban J connectivity index is 2.73. The van der Waals surface area contributed by atoms with Crippen molar-refractivity contribution in [2.45, 2.75) is 11.4 Å². The molecule has 0 aliphatic carbocycles. The molecule has 0 spiro atoms. The summed E-state index contributed by atoms with van der Waals surface area (Å²) in [5.41, 5.74) is 0. The van der Waals surface area contributed by atoms with Crippen molar-refractivity contribution < 1.29 is 0 Å². The van der Waals surface area contributed by atoms with E-state index < -0.39 is 0 Å². The van der Waals surface area contributed by atoms with Gasteiger partial charge in [-0.3, -0.25) is 0 Å². The standard InChI is InChI=1S/C6H7Br2N/c1-6(8)4-2-3-5(7)9-6/h2-4,9H,1H3. The Morgan fingerprint density at radius 1 is 1.67 bits per heavy atom. The first-order valence-electron chi connectivity index (χ1n) is 2.62. The minimum atomic E-state index is -0.0828. The second kappa shape index (κ2) is 2.46. The van der Waals surface area contributed by atoms with Gasteiger partial charge in [-0.1, -0.05) is 22.0 Å². The zero-order chi connectivity index (χ0) is 6.91. The second-order valence-electron chi connectivity index (χ2n) is 2.07. The third kappa shape index (κ3) is 2.14. The molecule has 3 heteroatoms. The lowest BCUT2D eigenvalue weighted by Crippen LogP contribution is -2.32. The Morgan fingerprint density at radius 2 is 2.33 bits per heavy atom. The van der Waals surface area contributed by atoms with Gasteiger partial charge in [-0.25, -0.2) is 0 Å². The fourth-order valence-electron chi connectivity index (χ4n) is 0.630. The van der Waals surface area contributed by atoms with Crippen molar-refractivity contribution in [2.24, 2.45) is 0 Å². The Kier molecular flexibility index (Phi) is 2.01. The molecule has 0 fully saturated rings. The zero-order valence-electron chi connectivity index (χ0n) is 4.99. The van der Waals surface area contributed by atoms with Gasteiger partial charge >= 0.3 is 0 Å². The molecule has 0 saturated carbocycles. The summed E-state index contributed by atoms with van der Waals surface area (Å²) in [6.07, 6.45) is 6.00. The lowest BCUT2D eigenvalue weighted by Gasteiger charge is -2.23. The molecule has 0 radical (unpaired) electrons. The van der Waals surface area contributed by atoms with Crippen LogP contribution >= 0.6 is 31.9 Å². The van der Waals surface area contributed by atoms with Crippen molar-refractivity contribution in [1.82, 2.24) is 5.32 Å². The van der Waals surface area contributed by atoms with Crippen molar-refractivity contribution >= 4 is 31.9 Å². The SMILES string of the molecule is CC1(Br)C=CC=C(Br)N1. The quantitative estimate of drug-likeness (QED) is 0.516. The molecule has 0 aromatic heterocycles. The Hall–Kier alpha value is 0.240. The number of allylic oxidation sites excluding steroid dienone is 2. The molecule has 0 amide bonds. The van der Waals surface area contributed by atoms with Gasteiger partial charge in [-0.05, 0) is 35.0 Å². The molecule has 1 atom stereocenters. The number of hydrogen-bond donors (Lipinski definition) is 1. The number of nitrogens with one attached hydrogen (secondary N) is 1. The molecule has 0 bridgehead atoms. The number of halogens is 2. The average Bonchev–Trinajstić information content (AvgIpc) is 1.60. The lowest BCUT2D eigenvalue weighted by molar-refractivity contribution is 0.708. The van der Waals surface area contributed by atoms with E-state index in [2.05, 4.69) is 37.2 Å².